The molecule has 0 radical (unpaired) electrons. The topological polar surface area (TPSA) is 48.3 Å². The van der Waals surface area contributed by atoms with Crippen LogP contribution >= 0.6 is 0 Å². The van der Waals surface area contributed by atoms with E-state index in [1.54, 1.807) is 32.2 Å². The zero-order valence-electron chi connectivity index (χ0n) is 11.7. The maximum absolute atomic E-state index is 13.1. The third-order valence-corrected chi connectivity index (χ3v) is 3.88. The quantitative estimate of drug-likeness (QED) is 0.756. The second-order valence-corrected chi connectivity index (χ2v) is 5.21. The van der Waals surface area contributed by atoms with Gasteiger partial charge in [0.2, 0.25) is 0 Å². The van der Waals surface area contributed by atoms with Crippen LogP contribution < -0.4 is 10.3 Å². The lowest BCUT2D eigenvalue weighted by atomic mass is 9.87. The lowest BCUT2D eigenvalue weighted by molar-refractivity contribution is -0.135. The van der Waals surface area contributed by atoms with Gasteiger partial charge in [-0.3, -0.25) is 9.59 Å². The number of aromatic nitrogens is 1. The molecule has 0 unspecified atom stereocenters. The smallest absolute Gasteiger partial charge is 0.312 e. The third kappa shape index (κ3) is 2.24. The summed E-state index contributed by atoms with van der Waals surface area (Å²) in [6, 6.07) is 7.54. The molecule has 4 nitrogen and oxygen atoms in total. The van der Waals surface area contributed by atoms with E-state index in [0.717, 1.165) is 5.56 Å². The van der Waals surface area contributed by atoms with E-state index in [9.17, 15) is 14.0 Å². The fourth-order valence-electron chi connectivity index (χ4n) is 2.63. The number of aryl methyl sites for hydroxylation is 1. The van der Waals surface area contributed by atoms with Crippen LogP contribution in [0.5, 0.6) is 5.75 Å². The van der Waals surface area contributed by atoms with Crippen LogP contribution in [0.15, 0.2) is 35.1 Å². The first-order chi connectivity index (χ1) is 9.97. The van der Waals surface area contributed by atoms with Crippen molar-refractivity contribution in [3.63, 3.8) is 0 Å². The van der Waals surface area contributed by atoms with Crippen LogP contribution in [0.25, 0.3) is 0 Å². The van der Waals surface area contributed by atoms with Crippen LogP contribution in [-0.4, -0.2) is 10.5 Å². The molecule has 0 saturated carbocycles. The van der Waals surface area contributed by atoms with E-state index in [0.29, 0.717) is 17.0 Å². The first kappa shape index (κ1) is 13.5. The molecule has 0 bridgehead atoms. The Balaban J connectivity index is 2.21. The molecular weight excluding hydrogens is 273 g/mol. The fourth-order valence-corrected chi connectivity index (χ4v) is 2.63. The molecule has 0 saturated heterocycles. The number of esters is 1. The van der Waals surface area contributed by atoms with Crippen molar-refractivity contribution in [3.8, 4) is 5.75 Å². The van der Waals surface area contributed by atoms with E-state index in [1.165, 1.54) is 16.7 Å². The summed E-state index contributed by atoms with van der Waals surface area (Å²) in [5, 5.41) is 0. The van der Waals surface area contributed by atoms with Crippen LogP contribution in [0, 0.1) is 12.7 Å². The largest absolute Gasteiger partial charge is 0.426 e. The lowest BCUT2D eigenvalue weighted by Gasteiger charge is -2.25. The van der Waals surface area contributed by atoms with Crippen molar-refractivity contribution < 1.29 is 13.9 Å². The number of hydrogen-bond donors (Lipinski definition) is 0. The molecule has 1 aliphatic heterocycles. The average Bonchev–Trinajstić information content (AvgIpc) is 2.44. The number of benzene rings is 1. The standard InChI is InChI=1S/C16H14FNO3/c1-9-7-13-15(16(20)18(9)2)12(8-14(19)21-13)10-3-5-11(17)6-4-10/h3-7,12H,8H2,1-2H3/t12-/m0/s1. The molecular formula is C16H14FNO3. The number of halogens is 1. The van der Waals surface area contributed by atoms with Gasteiger partial charge in [0.05, 0.1) is 12.0 Å². The van der Waals surface area contributed by atoms with Gasteiger partial charge in [0.25, 0.3) is 5.56 Å². The number of hydrogen-bond acceptors (Lipinski definition) is 3. The molecule has 2 aromatic rings. The van der Waals surface area contributed by atoms with Crippen LogP contribution in [0.4, 0.5) is 4.39 Å². The van der Waals surface area contributed by atoms with Crippen molar-refractivity contribution in [2.45, 2.75) is 19.3 Å². The van der Waals surface area contributed by atoms with E-state index >= 15 is 0 Å². The Morgan fingerprint density at radius 2 is 1.90 bits per heavy atom. The van der Waals surface area contributed by atoms with Gasteiger partial charge >= 0.3 is 5.97 Å². The molecule has 108 valence electrons. The summed E-state index contributed by atoms with van der Waals surface area (Å²) in [5.41, 5.74) is 1.71. The lowest BCUT2D eigenvalue weighted by Crippen LogP contribution is -2.31. The Kier molecular flexibility index (Phi) is 3.12. The van der Waals surface area contributed by atoms with Crippen LogP contribution in [0.2, 0.25) is 0 Å². The number of pyridine rings is 1. The van der Waals surface area contributed by atoms with Crippen molar-refractivity contribution in [1.82, 2.24) is 4.57 Å². The Bertz CT molecular complexity index is 777. The molecule has 3 rings (SSSR count). The van der Waals surface area contributed by atoms with E-state index in [1.807, 2.05) is 0 Å². The molecule has 1 atom stereocenters. The van der Waals surface area contributed by atoms with Gasteiger partial charge in [-0.1, -0.05) is 12.1 Å². The highest BCUT2D eigenvalue weighted by Crippen LogP contribution is 2.36. The minimum atomic E-state index is -0.402. The predicted octanol–water partition coefficient (Wildman–Crippen LogP) is 2.27. The average molecular weight is 287 g/mol. The van der Waals surface area contributed by atoms with Gasteiger partial charge in [0.15, 0.2) is 0 Å². The zero-order chi connectivity index (χ0) is 15.1. The van der Waals surface area contributed by atoms with E-state index < -0.39 is 5.92 Å². The number of carbonyl (C=O) groups excluding carboxylic acids is 1. The van der Waals surface area contributed by atoms with Gasteiger partial charge < -0.3 is 9.30 Å². The second-order valence-electron chi connectivity index (χ2n) is 5.21. The summed E-state index contributed by atoms with van der Waals surface area (Å²) < 4.78 is 19.8. The third-order valence-electron chi connectivity index (χ3n) is 3.88. The molecule has 1 aliphatic rings. The first-order valence-electron chi connectivity index (χ1n) is 6.64. The van der Waals surface area contributed by atoms with Crippen molar-refractivity contribution in [1.29, 1.82) is 0 Å². The summed E-state index contributed by atoms with van der Waals surface area (Å²) in [6.07, 6.45) is 0.0803. The normalized spacial score (nSPS) is 17.3. The zero-order valence-corrected chi connectivity index (χ0v) is 11.7. The Labute approximate surface area is 120 Å². The molecule has 0 fully saturated rings. The second kappa shape index (κ2) is 4.84. The summed E-state index contributed by atoms with van der Waals surface area (Å²) in [4.78, 5) is 24.3. The van der Waals surface area contributed by atoms with Crippen LogP contribution in [-0.2, 0) is 11.8 Å². The molecule has 2 heterocycles. The summed E-state index contributed by atoms with van der Waals surface area (Å²) in [5.74, 6) is -0.832. The number of nitrogens with zero attached hydrogens (tertiary/aromatic N) is 1. The van der Waals surface area contributed by atoms with Crippen LogP contribution in [0.3, 0.4) is 0 Å². The molecule has 0 spiro atoms. The highest BCUT2D eigenvalue weighted by Gasteiger charge is 2.32. The molecule has 0 aliphatic carbocycles. The minimum Gasteiger partial charge on any atom is -0.426 e. The Morgan fingerprint density at radius 3 is 2.57 bits per heavy atom. The van der Waals surface area contributed by atoms with E-state index in [-0.39, 0.29) is 23.8 Å². The predicted molar refractivity (Wildman–Crippen MR) is 74.9 cm³/mol. The number of carbonyl (C=O) groups is 1. The van der Waals surface area contributed by atoms with Gasteiger partial charge in [0, 0.05) is 24.7 Å². The molecule has 0 amide bonds. The maximum atomic E-state index is 13.1. The fraction of sp³-hybridized carbons (Fsp3) is 0.250. The molecule has 0 N–H and O–H groups in total. The SMILES string of the molecule is Cc1cc2c(c(=O)n1C)[C@H](c1ccc(F)cc1)CC(=O)O2. The minimum absolute atomic E-state index is 0.0803. The van der Waals surface area contributed by atoms with Crippen molar-refractivity contribution in [3.05, 3.63) is 63.3 Å². The molecule has 21 heavy (non-hydrogen) atoms. The maximum Gasteiger partial charge on any atom is 0.312 e. The number of rotatable bonds is 1. The van der Waals surface area contributed by atoms with E-state index in [4.69, 9.17) is 4.74 Å². The highest BCUT2D eigenvalue weighted by atomic mass is 19.1. The summed E-state index contributed by atoms with van der Waals surface area (Å²) >= 11 is 0. The van der Waals surface area contributed by atoms with Gasteiger partial charge in [-0.15, -0.1) is 0 Å². The highest BCUT2D eigenvalue weighted by molar-refractivity contribution is 5.77. The van der Waals surface area contributed by atoms with Crippen molar-refractivity contribution >= 4 is 5.97 Å². The number of ether oxygens (including phenoxy) is 1. The van der Waals surface area contributed by atoms with Gasteiger partial charge in [-0.25, -0.2) is 4.39 Å². The van der Waals surface area contributed by atoms with Crippen molar-refractivity contribution in [2.75, 3.05) is 0 Å². The molecule has 1 aromatic carbocycles. The van der Waals surface area contributed by atoms with Crippen LogP contribution in [0.1, 0.15) is 29.2 Å². The summed E-state index contributed by atoms with van der Waals surface area (Å²) in [7, 11) is 1.68. The Morgan fingerprint density at radius 1 is 1.24 bits per heavy atom. The number of fused-ring (bicyclic) bond motifs is 1. The van der Waals surface area contributed by atoms with Gasteiger partial charge in [-0.05, 0) is 24.6 Å². The summed E-state index contributed by atoms with van der Waals surface area (Å²) in [6.45, 7) is 1.77. The monoisotopic (exact) mass is 287 g/mol. The molecule has 5 heteroatoms. The van der Waals surface area contributed by atoms with Gasteiger partial charge in [-0.2, -0.15) is 0 Å². The molecule has 1 aromatic heterocycles. The van der Waals surface area contributed by atoms with Crippen molar-refractivity contribution in [2.24, 2.45) is 7.05 Å². The van der Waals surface area contributed by atoms with E-state index in [2.05, 4.69) is 0 Å². The Hall–Kier alpha value is -2.43. The first-order valence-corrected chi connectivity index (χ1v) is 6.64. The van der Waals surface area contributed by atoms with Gasteiger partial charge in [0.1, 0.15) is 11.6 Å².